The van der Waals surface area contributed by atoms with Crippen molar-refractivity contribution in [2.75, 3.05) is 26.6 Å². The number of oxime groups is 1. The lowest BCUT2D eigenvalue weighted by Gasteiger charge is -2.60. The van der Waals surface area contributed by atoms with Crippen LogP contribution in [0.15, 0.2) is 96.2 Å². The minimum Gasteiger partial charge on any atom is -0.459 e. The van der Waals surface area contributed by atoms with Gasteiger partial charge >= 0.3 is 6.09 Å². The Morgan fingerprint density at radius 3 is 2.28 bits per heavy atom. The molecule has 0 spiro atoms. The molecule has 13 nitrogen and oxygen atoms in total. The van der Waals surface area contributed by atoms with Crippen LogP contribution >= 0.6 is 0 Å². The Morgan fingerprint density at radius 1 is 0.847 bits per heavy atom. The number of ether oxygens (including phenoxy) is 5. The summed E-state index contributed by atoms with van der Waals surface area (Å²) in [7, 11) is 0. The smallest absolute Gasteiger partial charge is 0.412 e. The fourth-order valence-electron chi connectivity index (χ4n) is 11.2. The van der Waals surface area contributed by atoms with Crippen molar-refractivity contribution in [1.82, 2.24) is 10.2 Å². The maximum atomic E-state index is 15.4. The Balaban J connectivity index is 1.35. The molecule has 0 aromatic heterocycles. The standard InChI is InChI=1S/C59H81N3O10/c1-6-8-9-10-11-12-13-14-18-27-54(65)62(40-43-28-30-51-52(35-43)68-41-67-51)53-38-49(61-72-58(3,4)5)47-36-44(25-19-21-32-63)46(26-20-22-33-64)55-48-37-45(70-57(66)60-39-42-23-16-15-17-24-42)29-31-50(48)71-59(53,56(47)55)69-34-7-2/h7,15-17,23-24,28-31,35-37,44,46,53,55-56,63-64H,2,6,8-14,18-22,25-27,32-34,38-41H2,1,3-5H3,(H,60,66). The Labute approximate surface area is 428 Å². The summed E-state index contributed by atoms with van der Waals surface area (Å²) < 4.78 is 32.4. The van der Waals surface area contributed by atoms with E-state index in [0.717, 1.165) is 79.3 Å². The number of nitrogens with zero attached hydrogens (tertiary/aromatic N) is 2. The first-order valence-corrected chi connectivity index (χ1v) is 26.9. The molecule has 2 amide bonds. The molecule has 2 heterocycles. The van der Waals surface area contributed by atoms with Crippen LogP contribution in [0.5, 0.6) is 23.0 Å². The highest BCUT2D eigenvalue weighted by Crippen LogP contribution is 2.62. The Morgan fingerprint density at radius 2 is 1.56 bits per heavy atom. The van der Waals surface area contributed by atoms with Crippen molar-refractivity contribution >= 4 is 17.7 Å². The lowest BCUT2D eigenvalue weighted by molar-refractivity contribution is -0.258. The lowest BCUT2D eigenvalue weighted by Crippen LogP contribution is -2.70. The first kappa shape index (κ1) is 54.4. The van der Waals surface area contributed by atoms with Crippen molar-refractivity contribution in [2.45, 2.75) is 173 Å². The molecule has 2 aliphatic heterocycles. The number of carbonyl (C=O) groups is 2. The van der Waals surface area contributed by atoms with Crippen molar-refractivity contribution < 1.29 is 48.3 Å². The summed E-state index contributed by atoms with van der Waals surface area (Å²) in [6.07, 6.45) is 18.7. The average Bonchev–Trinajstić information content (AvgIpc) is 3.85. The minimum absolute atomic E-state index is 0.0102. The number of benzene rings is 3. The fraction of sp³-hybridized carbons (Fsp3) is 0.576. The number of unbranched alkanes of at least 4 members (excludes halogenated alkanes) is 10. The van der Waals surface area contributed by atoms with Crippen molar-refractivity contribution in [3.8, 4) is 23.0 Å². The van der Waals surface area contributed by atoms with Crippen molar-refractivity contribution in [3.05, 3.63) is 108 Å². The predicted molar refractivity (Wildman–Crippen MR) is 280 cm³/mol. The molecule has 0 saturated heterocycles. The number of hydrogen-bond donors (Lipinski definition) is 3. The minimum atomic E-state index is -1.45. The second-order valence-electron chi connectivity index (χ2n) is 21.0. The quantitative estimate of drug-likeness (QED) is 0.0363. The molecule has 4 aliphatic rings. The van der Waals surface area contributed by atoms with E-state index in [1.165, 1.54) is 32.1 Å². The Kier molecular flexibility index (Phi) is 20.1. The Bertz CT molecular complexity index is 2290. The van der Waals surface area contributed by atoms with Crippen LogP contribution < -0.4 is 24.3 Å². The lowest BCUT2D eigenvalue weighted by atomic mass is 9.55. The number of carbonyl (C=O) groups excluding carboxylic acids is 2. The molecule has 2 aliphatic carbocycles. The number of nitrogens with one attached hydrogen (secondary N) is 1. The van der Waals surface area contributed by atoms with E-state index in [1.54, 1.807) is 12.1 Å². The zero-order chi connectivity index (χ0) is 50.9. The first-order chi connectivity index (χ1) is 35.0. The van der Waals surface area contributed by atoms with Crippen LogP contribution in [0.3, 0.4) is 0 Å². The zero-order valence-corrected chi connectivity index (χ0v) is 43.4. The van der Waals surface area contributed by atoms with Crippen LogP contribution in [0.2, 0.25) is 0 Å². The van der Waals surface area contributed by atoms with Gasteiger partial charge in [-0.1, -0.05) is 125 Å². The van der Waals surface area contributed by atoms with Crippen molar-refractivity contribution in [3.63, 3.8) is 0 Å². The van der Waals surface area contributed by atoms with Crippen LogP contribution in [-0.2, 0) is 27.5 Å². The van der Waals surface area contributed by atoms with E-state index in [0.29, 0.717) is 48.8 Å². The summed E-state index contributed by atoms with van der Waals surface area (Å²) in [6, 6.07) is 20.4. The van der Waals surface area contributed by atoms with Gasteiger partial charge in [0, 0.05) is 50.6 Å². The molecule has 7 rings (SSSR count). The van der Waals surface area contributed by atoms with Gasteiger partial charge < -0.3 is 49.0 Å². The fourth-order valence-corrected chi connectivity index (χ4v) is 11.2. The van der Waals surface area contributed by atoms with Gasteiger partial charge in [0.2, 0.25) is 18.5 Å². The number of aliphatic hydroxyl groups excluding tert-OH is 2. The molecule has 1 saturated carbocycles. The molecular formula is C59H81N3O10. The van der Waals surface area contributed by atoms with Gasteiger partial charge in [-0.3, -0.25) is 4.79 Å². The molecule has 6 unspecified atom stereocenters. The summed E-state index contributed by atoms with van der Waals surface area (Å²) in [5.41, 5.74) is 3.71. The normalized spacial score (nSPS) is 22.3. The van der Waals surface area contributed by atoms with Gasteiger partial charge in [-0.15, -0.1) is 6.58 Å². The van der Waals surface area contributed by atoms with Crippen LogP contribution in [0.4, 0.5) is 4.79 Å². The van der Waals surface area contributed by atoms with Crippen LogP contribution in [0, 0.1) is 17.8 Å². The summed E-state index contributed by atoms with van der Waals surface area (Å²) in [5.74, 6) is -0.0434. The predicted octanol–water partition coefficient (Wildman–Crippen LogP) is 12.1. The average molecular weight is 992 g/mol. The van der Waals surface area contributed by atoms with Gasteiger partial charge in [-0.2, -0.15) is 0 Å². The largest absolute Gasteiger partial charge is 0.459 e. The number of amides is 2. The molecule has 72 heavy (non-hydrogen) atoms. The third-order valence-electron chi connectivity index (χ3n) is 14.5. The van der Waals surface area contributed by atoms with Gasteiger partial charge in [0.15, 0.2) is 11.5 Å². The highest BCUT2D eigenvalue weighted by atomic mass is 16.7. The molecule has 13 heteroatoms. The molecule has 3 N–H and O–H groups in total. The van der Waals surface area contributed by atoms with E-state index in [2.05, 4.69) is 24.9 Å². The van der Waals surface area contributed by atoms with Crippen molar-refractivity contribution in [1.29, 1.82) is 0 Å². The zero-order valence-electron chi connectivity index (χ0n) is 43.4. The number of rotatable bonds is 28. The van der Waals surface area contributed by atoms with Gasteiger partial charge in [-0.05, 0) is 112 Å². The van der Waals surface area contributed by atoms with Gasteiger partial charge in [-0.25, -0.2) is 4.79 Å². The van der Waals surface area contributed by atoms with Crippen LogP contribution in [-0.4, -0.2) is 76.9 Å². The molecule has 6 atom stereocenters. The van der Waals surface area contributed by atoms with Gasteiger partial charge in [0.25, 0.3) is 0 Å². The third kappa shape index (κ3) is 14.0. The molecular weight excluding hydrogens is 911 g/mol. The SMILES string of the molecule is C=CCOC12Oc3ccc(OC(=O)NCc4ccccc4)cc3C3C(CCCCO)C(CCCCO)C=C(C(=NOC(C)(C)C)CC1N(Cc1ccc4c(c1)OCO4)C(=O)CCCCCCCCCCC)C32. The van der Waals surface area contributed by atoms with Crippen LogP contribution in [0.25, 0.3) is 0 Å². The monoisotopic (exact) mass is 992 g/mol. The molecule has 0 bridgehead atoms. The molecule has 1 fully saturated rings. The maximum Gasteiger partial charge on any atom is 0.412 e. The van der Waals surface area contributed by atoms with E-state index < -0.39 is 29.4 Å². The van der Waals surface area contributed by atoms with E-state index in [-0.39, 0.29) is 63.2 Å². The summed E-state index contributed by atoms with van der Waals surface area (Å²) >= 11 is 0. The number of fused-ring (bicyclic) bond motifs is 3. The summed E-state index contributed by atoms with van der Waals surface area (Å²) in [6.45, 7) is 13.2. The highest BCUT2D eigenvalue weighted by Gasteiger charge is 2.65. The van der Waals surface area contributed by atoms with Crippen molar-refractivity contribution in [2.24, 2.45) is 22.9 Å². The molecule has 392 valence electrons. The van der Waals surface area contributed by atoms with E-state index >= 15 is 4.79 Å². The second-order valence-corrected chi connectivity index (χ2v) is 21.0. The second kappa shape index (κ2) is 26.5. The Hall–Kier alpha value is -5.37. The molecule has 0 radical (unpaired) electrons. The van der Waals surface area contributed by atoms with Crippen LogP contribution in [0.1, 0.15) is 159 Å². The molecule has 3 aromatic carbocycles. The first-order valence-electron chi connectivity index (χ1n) is 26.9. The van der Waals surface area contributed by atoms with E-state index in [9.17, 15) is 15.0 Å². The highest BCUT2D eigenvalue weighted by molar-refractivity contribution is 6.03. The van der Waals surface area contributed by atoms with Gasteiger partial charge in [0.05, 0.1) is 18.2 Å². The molecule has 3 aromatic rings. The number of aliphatic hydroxyl groups is 2. The van der Waals surface area contributed by atoms with Gasteiger partial charge in [0.1, 0.15) is 23.1 Å². The number of allylic oxidation sites excluding steroid dienone is 1. The van der Waals surface area contributed by atoms with E-state index in [1.807, 2.05) is 86.3 Å². The van der Waals surface area contributed by atoms with E-state index in [4.69, 9.17) is 33.7 Å². The maximum absolute atomic E-state index is 15.4. The number of hydrogen-bond acceptors (Lipinski definition) is 11. The topological polar surface area (TPSA) is 158 Å². The summed E-state index contributed by atoms with van der Waals surface area (Å²) in [4.78, 5) is 37.1. The summed E-state index contributed by atoms with van der Waals surface area (Å²) in [5, 5.41) is 28.1. The third-order valence-corrected chi connectivity index (χ3v) is 14.5.